The van der Waals surface area contributed by atoms with Gasteiger partial charge >= 0.3 is 0 Å². The van der Waals surface area contributed by atoms with Crippen molar-refractivity contribution in [3.05, 3.63) is 107 Å². The lowest BCUT2D eigenvalue weighted by atomic mass is 9.79. The minimum atomic E-state index is -0.877. The molecule has 3 aromatic carbocycles. The van der Waals surface area contributed by atoms with Gasteiger partial charge in [0.25, 0.3) is 0 Å². The summed E-state index contributed by atoms with van der Waals surface area (Å²) in [7, 11) is 0. The van der Waals surface area contributed by atoms with Gasteiger partial charge in [0.1, 0.15) is 0 Å². The van der Waals surface area contributed by atoms with E-state index in [1.54, 1.807) is 0 Å². The Morgan fingerprint density at radius 2 is 1.09 bits per heavy atom. The smallest absolute Gasteiger partial charge is 0.0843 e. The molecule has 23 heavy (non-hydrogen) atoms. The van der Waals surface area contributed by atoms with Crippen LogP contribution in [0.5, 0.6) is 0 Å². The second-order valence-corrected chi connectivity index (χ2v) is 6.40. The van der Waals surface area contributed by atoms with Crippen LogP contribution in [0.2, 0.25) is 0 Å². The lowest BCUT2D eigenvalue weighted by Crippen LogP contribution is -2.20. The SMILES string of the molecule is CC(C)(O)c1ccccc1C(c1ccccc1)c1ccccc1. The maximum absolute atomic E-state index is 10.6. The van der Waals surface area contributed by atoms with E-state index < -0.39 is 5.60 Å². The Hall–Kier alpha value is -2.38. The summed E-state index contributed by atoms with van der Waals surface area (Å²) in [4.78, 5) is 0. The van der Waals surface area contributed by atoms with Crippen LogP contribution in [-0.2, 0) is 5.60 Å². The van der Waals surface area contributed by atoms with E-state index in [1.165, 1.54) is 11.1 Å². The molecule has 0 amide bonds. The first-order valence-corrected chi connectivity index (χ1v) is 7.99. The molecule has 116 valence electrons. The van der Waals surface area contributed by atoms with Gasteiger partial charge in [0, 0.05) is 5.92 Å². The molecule has 0 radical (unpaired) electrons. The number of aliphatic hydroxyl groups is 1. The fourth-order valence-electron chi connectivity index (χ4n) is 3.15. The van der Waals surface area contributed by atoms with Crippen LogP contribution in [0.15, 0.2) is 84.9 Å². The van der Waals surface area contributed by atoms with Crippen LogP contribution in [0.25, 0.3) is 0 Å². The van der Waals surface area contributed by atoms with Gasteiger partial charge in [0.05, 0.1) is 5.60 Å². The van der Waals surface area contributed by atoms with Gasteiger partial charge in [-0.3, -0.25) is 0 Å². The standard InChI is InChI=1S/C22H22O/c1-22(2,23)20-16-10-9-15-19(20)21(17-11-5-3-6-12-17)18-13-7-4-8-14-18/h3-16,21,23H,1-2H3. The van der Waals surface area contributed by atoms with Crippen molar-refractivity contribution in [2.24, 2.45) is 0 Å². The summed E-state index contributed by atoms with van der Waals surface area (Å²) in [6, 6.07) is 29.1. The largest absolute Gasteiger partial charge is 0.386 e. The maximum Gasteiger partial charge on any atom is 0.0843 e. The van der Waals surface area contributed by atoms with Gasteiger partial charge in [-0.15, -0.1) is 0 Å². The highest BCUT2D eigenvalue weighted by Gasteiger charge is 2.25. The summed E-state index contributed by atoms with van der Waals surface area (Å²) in [5.41, 5.74) is 3.71. The molecule has 0 saturated heterocycles. The molecule has 0 aliphatic heterocycles. The molecule has 0 unspecified atom stereocenters. The fourth-order valence-corrected chi connectivity index (χ4v) is 3.15. The molecule has 0 heterocycles. The van der Waals surface area contributed by atoms with Crippen LogP contribution in [0.4, 0.5) is 0 Å². The predicted octanol–water partition coefficient (Wildman–Crippen LogP) is 5.09. The van der Waals surface area contributed by atoms with Crippen molar-refractivity contribution in [3.63, 3.8) is 0 Å². The van der Waals surface area contributed by atoms with Gasteiger partial charge in [0.2, 0.25) is 0 Å². The summed E-state index contributed by atoms with van der Waals surface area (Å²) in [5, 5.41) is 10.6. The Morgan fingerprint density at radius 3 is 1.57 bits per heavy atom. The molecule has 0 bridgehead atoms. The van der Waals surface area contributed by atoms with Crippen molar-refractivity contribution < 1.29 is 5.11 Å². The van der Waals surface area contributed by atoms with Crippen LogP contribution in [-0.4, -0.2) is 5.11 Å². The summed E-state index contributed by atoms with van der Waals surface area (Å²) < 4.78 is 0. The van der Waals surface area contributed by atoms with Gasteiger partial charge in [-0.25, -0.2) is 0 Å². The molecule has 0 saturated carbocycles. The maximum atomic E-state index is 10.6. The molecular weight excluding hydrogens is 280 g/mol. The normalized spacial score (nSPS) is 11.7. The van der Waals surface area contributed by atoms with Crippen molar-refractivity contribution >= 4 is 0 Å². The lowest BCUT2D eigenvalue weighted by Gasteiger charge is -2.27. The van der Waals surface area contributed by atoms with Gasteiger partial charge < -0.3 is 5.11 Å². The molecule has 1 heteroatoms. The molecular formula is C22H22O. The second-order valence-electron chi connectivity index (χ2n) is 6.40. The monoisotopic (exact) mass is 302 g/mol. The molecule has 0 fully saturated rings. The number of benzene rings is 3. The van der Waals surface area contributed by atoms with E-state index in [9.17, 15) is 5.11 Å². The van der Waals surface area contributed by atoms with Crippen LogP contribution in [0.3, 0.4) is 0 Å². The van der Waals surface area contributed by atoms with Crippen molar-refractivity contribution in [3.8, 4) is 0 Å². The highest BCUT2D eigenvalue weighted by atomic mass is 16.3. The van der Waals surface area contributed by atoms with E-state index in [0.717, 1.165) is 11.1 Å². The highest BCUT2D eigenvalue weighted by Crippen LogP contribution is 2.37. The molecule has 0 atom stereocenters. The van der Waals surface area contributed by atoms with Crippen molar-refractivity contribution in [2.45, 2.75) is 25.4 Å². The fraction of sp³-hybridized carbons (Fsp3) is 0.182. The minimum absolute atomic E-state index is 0.111. The third-order valence-corrected chi connectivity index (χ3v) is 4.20. The topological polar surface area (TPSA) is 20.2 Å². The average molecular weight is 302 g/mol. The number of hydrogen-bond donors (Lipinski definition) is 1. The molecule has 0 aromatic heterocycles. The zero-order chi connectivity index (χ0) is 16.3. The Morgan fingerprint density at radius 1 is 0.652 bits per heavy atom. The lowest BCUT2D eigenvalue weighted by molar-refractivity contribution is 0.0775. The van der Waals surface area contributed by atoms with Gasteiger partial charge in [0.15, 0.2) is 0 Å². The molecule has 3 aromatic rings. The molecule has 0 aliphatic carbocycles. The van der Waals surface area contributed by atoms with E-state index in [2.05, 4.69) is 54.6 Å². The zero-order valence-electron chi connectivity index (χ0n) is 13.6. The summed E-state index contributed by atoms with van der Waals surface area (Å²) >= 11 is 0. The molecule has 0 spiro atoms. The van der Waals surface area contributed by atoms with E-state index in [-0.39, 0.29) is 5.92 Å². The Labute approximate surface area is 138 Å². The Balaban J connectivity index is 2.22. The minimum Gasteiger partial charge on any atom is -0.386 e. The summed E-state index contributed by atoms with van der Waals surface area (Å²) in [6.07, 6.45) is 0. The van der Waals surface area contributed by atoms with E-state index in [0.29, 0.717) is 0 Å². The first-order chi connectivity index (χ1) is 11.1. The van der Waals surface area contributed by atoms with Crippen molar-refractivity contribution in [1.82, 2.24) is 0 Å². The quantitative estimate of drug-likeness (QED) is 0.665. The number of rotatable bonds is 4. The predicted molar refractivity (Wildman–Crippen MR) is 95.5 cm³/mol. The highest BCUT2D eigenvalue weighted by molar-refractivity contribution is 5.47. The molecule has 0 aliphatic rings. The Bertz CT molecular complexity index is 715. The summed E-state index contributed by atoms with van der Waals surface area (Å²) in [6.45, 7) is 3.69. The van der Waals surface area contributed by atoms with Crippen LogP contribution in [0, 0.1) is 0 Å². The van der Waals surface area contributed by atoms with Crippen molar-refractivity contribution in [2.75, 3.05) is 0 Å². The molecule has 3 rings (SSSR count). The molecule has 1 nitrogen and oxygen atoms in total. The van der Waals surface area contributed by atoms with Gasteiger partial charge in [-0.2, -0.15) is 0 Å². The molecule has 1 N–H and O–H groups in total. The zero-order valence-corrected chi connectivity index (χ0v) is 13.6. The van der Waals surface area contributed by atoms with Gasteiger partial charge in [-0.05, 0) is 36.1 Å². The van der Waals surface area contributed by atoms with Crippen molar-refractivity contribution in [1.29, 1.82) is 0 Å². The average Bonchev–Trinajstić information content (AvgIpc) is 2.57. The second kappa shape index (κ2) is 6.39. The Kier molecular flexibility index (Phi) is 4.31. The third kappa shape index (κ3) is 3.35. The van der Waals surface area contributed by atoms with E-state index >= 15 is 0 Å². The van der Waals surface area contributed by atoms with Crippen LogP contribution >= 0.6 is 0 Å². The first kappa shape index (κ1) is 15.5. The third-order valence-electron chi connectivity index (χ3n) is 4.20. The first-order valence-electron chi connectivity index (χ1n) is 7.99. The van der Waals surface area contributed by atoms with E-state index in [4.69, 9.17) is 0 Å². The summed E-state index contributed by atoms with van der Waals surface area (Å²) in [5.74, 6) is 0.111. The van der Waals surface area contributed by atoms with E-state index in [1.807, 2.05) is 44.2 Å². The van der Waals surface area contributed by atoms with Crippen LogP contribution in [0.1, 0.15) is 42.0 Å². The van der Waals surface area contributed by atoms with Crippen LogP contribution < -0.4 is 0 Å². The number of hydrogen-bond acceptors (Lipinski definition) is 1. The van der Waals surface area contributed by atoms with Gasteiger partial charge in [-0.1, -0.05) is 84.9 Å².